The molecule has 118 valence electrons. The monoisotopic (exact) mass is 305 g/mol. The van der Waals surface area contributed by atoms with E-state index >= 15 is 0 Å². The zero-order valence-electron chi connectivity index (χ0n) is 12.7. The third-order valence-corrected chi connectivity index (χ3v) is 3.56. The first-order valence-electron chi connectivity index (χ1n) is 7.29. The molecule has 1 heterocycles. The maximum absolute atomic E-state index is 13.0. The van der Waals surface area contributed by atoms with Gasteiger partial charge in [0.05, 0.1) is 29.2 Å². The summed E-state index contributed by atoms with van der Waals surface area (Å²) in [7, 11) is 0. The Morgan fingerprint density at radius 1 is 1.41 bits per heavy atom. The van der Waals surface area contributed by atoms with E-state index in [2.05, 4.69) is 10.4 Å². The fraction of sp³-hybridized carbons (Fsp3) is 0.375. The van der Waals surface area contributed by atoms with Gasteiger partial charge < -0.3 is 10.4 Å². The number of halogens is 1. The van der Waals surface area contributed by atoms with Gasteiger partial charge in [-0.05, 0) is 44.0 Å². The molecule has 0 aliphatic heterocycles. The van der Waals surface area contributed by atoms with E-state index in [0.717, 1.165) is 0 Å². The highest BCUT2D eigenvalue weighted by molar-refractivity contribution is 5.95. The van der Waals surface area contributed by atoms with Gasteiger partial charge in [-0.1, -0.05) is 6.92 Å². The lowest BCUT2D eigenvalue weighted by atomic mass is 10.2. The van der Waals surface area contributed by atoms with Crippen LogP contribution in [0.2, 0.25) is 0 Å². The molecule has 2 N–H and O–H groups in total. The molecule has 6 heteroatoms. The summed E-state index contributed by atoms with van der Waals surface area (Å²) in [5.74, 6) is -0.546. The standard InChI is InChI=1S/C16H20FN3O2/c1-3-14(21)8-9-18-16(22)15-10-19-20(11(15)2)13-6-4-12(17)5-7-13/h4-7,10,14,21H,3,8-9H2,1-2H3,(H,18,22). The van der Waals surface area contributed by atoms with Crippen LogP contribution in [0.1, 0.15) is 35.8 Å². The zero-order valence-corrected chi connectivity index (χ0v) is 12.7. The number of hydrogen-bond acceptors (Lipinski definition) is 3. The van der Waals surface area contributed by atoms with Crippen LogP contribution in [0.15, 0.2) is 30.5 Å². The molecule has 1 aromatic heterocycles. The van der Waals surface area contributed by atoms with Crippen molar-refractivity contribution in [3.63, 3.8) is 0 Å². The highest BCUT2D eigenvalue weighted by Gasteiger charge is 2.15. The summed E-state index contributed by atoms with van der Waals surface area (Å²) in [4.78, 5) is 12.1. The van der Waals surface area contributed by atoms with E-state index in [1.165, 1.54) is 18.3 Å². The topological polar surface area (TPSA) is 67.2 Å². The van der Waals surface area contributed by atoms with E-state index in [1.54, 1.807) is 23.7 Å². The number of hydrogen-bond donors (Lipinski definition) is 2. The van der Waals surface area contributed by atoms with Gasteiger partial charge in [0.15, 0.2) is 0 Å². The van der Waals surface area contributed by atoms with Crippen molar-refractivity contribution in [2.45, 2.75) is 32.8 Å². The molecule has 1 unspecified atom stereocenters. The van der Waals surface area contributed by atoms with Crippen molar-refractivity contribution in [2.24, 2.45) is 0 Å². The smallest absolute Gasteiger partial charge is 0.254 e. The Morgan fingerprint density at radius 3 is 2.73 bits per heavy atom. The average Bonchev–Trinajstić information content (AvgIpc) is 2.89. The Kier molecular flexibility index (Phi) is 5.27. The van der Waals surface area contributed by atoms with Crippen LogP contribution in [0, 0.1) is 12.7 Å². The van der Waals surface area contributed by atoms with E-state index in [-0.39, 0.29) is 11.7 Å². The second-order valence-corrected chi connectivity index (χ2v) is 5.14. The lowest BCUT2D eigenvalue weighted by Gasteiger charge is -2.09. The minimum absolute atomic E-state index is 0.228. The summed E-state index contributed by atoms with van der Waals surface area (Å²) < 4.78 is 14.5. The van der Waals surface area contributed by atoms with Crippen LogP contribution in [-0.2, 0) is 0 Å². The van der Waals surface area contributed by atoms with Gasteiger partial charge in [-0.2, -0.15) is 5.10 Å². The molecule has 1 atom stereocenters. The highest BCUT2D eigenvalue weighted by atomic mass is 19.1. The van der Waals surface area contributed by atoms with Gasteiger partial charge in [-0.3, -0.25) is 4.79 Å². The molecule has 0 fully saturated rings. The predicted octanol–water partition coefficient (Wildman–Crippen LogP) is 2.21. The fourth-order valence-corrected chi connectivity index (χ4v) is 2.13. The highest BCUT2D eigenvalue weighted by Crippen LogP contribution is 2.14. The first-order valence-corrected chi connectivity index (χ1v) is 7.29. The third kappa shape index (κ3) is 3.71. The molecular formula is C16H20FN3O2. The molecule has 2 rings (SSSR count). The molecule has 0 saturated carbocycles. The Bertz CT molecular complexity index is 637. The Labute approximate surface area is 128 Å². The largest absolute Gasteiger partial charge is 0.393 e. The van der Waals surface area contributed by atoms with E-state index in [1.807, 2.05) is 6.92 Å². The molecule has 22 heavy (non-hydrogen) atoms. The number of aliphatic hydroxyl groups excluding tert-OH is 1. The van der Waals surface area contributed by atoms with Crippen molar-refractivity contribution >= 4 is 5.91 Å². The molecule has 0 radical (unpaired) electrons. The normalized spacial score (nSPS) is 12.2. The van der Waals surface area contributed by atoms with Gasteiger partial charge in [0.1, 0.15) is 5.82 Å². The van der Waals surface area contributed by atoms with Gasteiger partial charge >= 0.3 is 0 Å². The van der Waals surface area contributed by atoms with Gasteiger partial charge in [0, 0.05) is 6.54 Å². The molecular weight excluding hydrogens is 285 g/mol. The third-order valence-electron chi connectivity index (χ3n) is 3.56. The Hall–Kier alpha value is -2.21. The summed E-state index contributed by atoms with van der Waals surface area (Å²) in [6.45, 7) is 4.09. The van der Waals surface area contributed by atoms with Crippen molar-refractivity contribution in [2.75, 3.05) is 6.54 Å². The van der Waals surface area contributed by atoms with E-state index < -0.39 is 6.10 Å². The van der Waals surface area contributed by atoms with Crippen LogP contribution in [0.5, 0.6) is 0 Å². The molecule has 1 aromatic carbocycles. The Balaban J connectivity index is 2.07. The van der Waals surface area contributed by atoms with Crippen LogP contribution in [0.3, 0.4) is 0 Å². The predicted molar refractivity (Wildman–Crippen MR) is 81.5 cm³/mol. The number of aliphatic hydroxyl groups is 1. The van der Waals surface area contributed by atoms with Crippen LogP contribution >= 0.6 is 0 Å². The minimum atomic E-state index is -0.400. The van der Waals surface area contributed by atoms with E-state index in [9.17, 15) is 14.3 Å². The SMILES string of the molecule is CCC(O)CCNC(=O)c1cnn(-c2ccc(F)cc2)c1C. The number of nitrogens with one attached hydrogen (secondary N) is 1. The van der Waals surface area contributed by atoms with Crippen molar-refractivity contribution < 1.29 is 14.3 Å². The van der Waals surface area contributed by atoms with Gasteiger partial charge in [-0.25, -0.2) is 9.07 Å². The van der Waals surface area contributed by atoms with Crippen molar-refractivity contribution in [3.8, 4) is 5.69 Å². The summed E-state index contributed by atoms with van der Waals surface area (Å²) in [5, 5.41) is 16.4. The number of carbonyl (C=O) groups excluding carboxylic acids is 1. The molecule has 5 nitrogen and oxygen atoms in total. The molecule has 0 bridgehead atoms. The van der Waals surface area contributed by atoms with Crippen molar-refractivity contribution in [3.05, 3.63) is 47.5 Å². The molecule has 0 spiro atoms. The number of rotatable bonds is 6. The van der Waals surface area contributed by atoms with Crippen LogP contribution < -0.4 is 5.32 Å². The number of nitrogens with zero attached hydrogens (tertiary/aromatic N) is 2. The molecule has 0 aliphatic rings. The van der Waals surface area contributed by atoms with Crippen molar-refractivity contribution in [1.82, 2.24) is 15.1 Å². The van der Waals surface area contributed by atoms with Crippen LogP contribution in [0.4, 0.5) is 4.39 Å². The second-order valence-electron chi connectivity index (χ2n) is 5.14. The Morgan fingerprint density at radius 2 is 2.09 bits per heavy atom. The molecule has 0 saturated heterocycles. The lowest BCUT2D eigenvalue weighted by molar-refractivity contribution is 0.0941. The summed E-state index contributed by atoms with van der Waals surface area (Å²) in [6.07, 6.45) is 2.28. The van der Waals surface area contributed by atoms with E-state index in [4.69, 9.17) is 0 Å². The lowest BCUT2D eigenvalue weighted by Crippen LogP contribution is -2.27. The summed E-state index contributed by atoms with van der Waals surface area (Å²) in [5.41, 5.74) is 1.84. The van der Waals surface area contributed by atoms with Crippen LogP contribution in [0.25, 0.3) is 5.69 Å². The quantitative estimate of drug-likeness (QED) is 0.860. The van der Waals surface area contributed by atoms with Gasteiger partial charge in [0.25, 0.3) is 5.91 Å². The van der Waals surface area contributed by atoms with Gasteiger partial charge in [-0.15, -0.1) is 0 Å². The summed E-state index contributed by atoms with van der Waals surface area (Å²) >= 11 is 0. The number of benzene rings is 1. The van der Waals surface area contributed by atoms with Gasteiger partial charge in [0.2, 0.25) is 0 Å². The average molecular weight is 305 g/mol. The minimum Gasteiger partial charge on any atom is -0.393 e. The first kappa shape index (κ1) is 16.2. The molecule has 2 aromatic rings. The fourth-order valence-electron chi connectivity index (χ4n) is 2.13. The molecule has 0 aliphatic carbocycles. The first-order chi connectivity index (χ1) is 10.5. The second kappa shape index (κ2) is 7.17. The zero-order chi connectivity index (χ0) is 16.1. The van der Waals surface area contributed by atoms with Crippen LogP contribution in [-0.4, -0.2) is 33.4 Å². The molecule has 1 amide bonds. The maximum Gasteiger partial charge on any atom is 0.254 e. The van der Waals surface area contributed by atoms with Crippen molar-refractivity contribution in [1.29, 1.82) is 0 Å². The number of aromatic nitrogens is 2. The number of carbonyl (C=O) groups is 1. The maximum atomic E-state index is 13.0. The van der Waals surface area contributed by atoms with E-state index in [0.29, 0.717) is 36.3 Å². The summed E-state index contributed by atoms with van der Waals surface area (Å²) in [6, 6.07) is 5.91. The number of amides is 1.